The van der Waals surface area contributed by atoms with Gasteiger partial charge in [-0.05, 0) is 87.4 Å². The van der Waals surface area contributed by atoms with Crippen LogP contribution in [0.25, 0.3) is 11.3 Å². The van der Waals surface area contributed by atoms with Crippen LogP contribution in [0.2, 0.25) is 0 Å². The number of rotatable bonds is 5. The number of alkyl halides is 3. The smallest absolute Gasteiger partial charge is 0.397 e. The molecule has 5 aromatic heterocycles. The molecule has 2 aliphatic heterocycles. The van der Waals surface area contributed by atoms with Crippen LogP contribution in [0, 0.1) is 0 Å². The molecule has 9 nitrogen and oxygen atoms in total. The van der Waals surface area contributed by atoms with Crippen molar-refractivity contribution in [3.63, 3.8) is 0 Å². The summed E-state index contributed by atoms with van der Waals surface area (Å²) in [5.41, 5.74) is 9.70. The average molecular weight is 764 g/mol. The van der Waals surface area contributed by atoms with E-state index in [1.807, 2.05) is 27.3 Å². The number of nitrogens with two attached hydrogens (primary N) is 1. The van der Waals surface area contributed by atoms with Crippen molar-refractivity contribution in [1.29, 1.82) is 0 Å². The van der Waals surface area contributed by atoms with Crippen LogP contribution in [0.4, 0.5) is 18.9 Å². The van der Waals surface area contributed by atoms with Crippen molar-refractivity contribution < 1.29 is 27.4 Å². The molecule has 0 spiro atoms. The third-order valence-corrected chi connectivity index (χ3v) is 9.26. The van der Waals surface area contributed by atoms with Crippen LogP contribution >= 0.6 is 31.9 Å². The van der Waals surface area contributed by atoms with Gasteiger partial charge in [0.1, 0.15) is 11.4 Å². The Labute approximate surface area is 279 Å². The fourth-order valence-electron chi connectivity index (χ4n) is 5.73. The van der Waals surface area contributed by atoms with Crippen molar-refractivity contribution in [2.75, 3.05) is 32.2 Å². The Morgan fingerprint density at radius 3 is 1.93 bits per heavy atom. The summed E-state index contributed by atoms with van der Waals surface area (Å²) in [5.74, 6) is 0.360. The zero-order chi connectivity index (χ0) is 32.4. The van der Waals surface area contributed by atoms with Gasteiger partial charge in [-0.1, -0.05) is 6.07 Å². The third-order valence-electron chi connectivity index (χ3n) is 8.10. The summed E-state index contributed by atoms with van der Waals surface area (Å²) in [6, 6.07) is 6.99. The number of hydrogen-bond acceptors (Lipinski definition) is 7. The molecule has 14 heteroatoms. The normalized spacial score (nSPS) is 16.5. The van der Waals surface area contributed by atoms with Gasteiger partial charge < -0.3 is 24.0 Å². The summed E-state index contributed by atoms with van der Waals surface area (Å²) in [7, 11) is 0. The molecule has 5 aromatic rings. The molecule has 46 heavy (non-hydrogen) atoms. The van der Waals surface area contributed by atoms with Gasteiger partial charge >= 0.3 is 6.18 Å². The SMILES string of the molecule is Nc1cc(Br)c2nc(C3CCOCC3)cn2c1.O=C(Cc1cc(Br)c2nc(C3CCOCC3)cn2c1)c1cccc(C(F)(F)F)n1. The summed E-state index contributed by atoms with van der Waals surface area (Å²) in [4.78, 5) is 25.4. The van der Waals surface area contributed by atoms with E-state index in [1.54, 1.807) is 12.3 Å². The molecule has 2 fully saturated rings. The number of anilines is 1. The zero-order valence-electron chi connectivity index (χ0n) is 24.6. The number of imidazole rings is 2. The third kappa shape index (κ3) is 7.45. The number of aromatic nitrogens is 5. The lowest BCUT2D eigenvalue weighted by molar-refractivity contribution is -0.141. The van der Waals surface area contributed by atoms with Crippen molar-refractivity contribution >= 4 is 54.6 Å². The Hall–Kier alpha value is -3.33. The summed E-state index contributed by atoms with van der Waals surface area (Å²) < 4.78 is 54.8. The van der Waals surface area contributed by atoms with Crippen LogP contribution in [0.5, 0.6) is 0 Å². The van der Waals surface area contributed by atoms with Gasteiger partial charge in [0.25, 0.3) is 0 Å². The van der Waals surface area contributed by atoms with Gasteiger partial charge in [-0.3, -0.25) is 4.79 Å². The van der Waals surface area contributed by atoms with Crippen LogP contribution < -0.4 is 5.73 Å². The van der Waals surface area contributed by atoms with Gasteiger partial charge in [0.05, 0.1) is 20.3 Å². The van der Waals surface area contributed by atoms with Crippen molar-refractivity contribution in [3.8, 4) is 0 Å². The van der Waals surface area contributed by atoms with Crippen LogP contribution in [0.1, 0.15) is 70.7 Å². The molecule has 242 valence electrons. The molecule has 0 radical (unpaired) electrons. The van der Waals surface area contributed by atoms with E-state index in [-0.39, 0.29) is 12.1 Å². The van der Waals surface area contributed by atoms with Gasteiger partial charge in [-0.2, -0.15) is 13.2 Å². The van der Waals surface area contributed by atoms with Gasteiger partial charge in [0, 0.05) is 75.2 Å². The molecule has 0 bridgehead atoms. The Balaban J connectivity index is 0.000000185. The van der Waals surface area contributed by atoms with E-state index in [4.69, 9.17) is 20.2 Å². The Morgan fingerprint density at radius 1 is 0.826 bits per heavy atom. The average Bonchev–Trinajstić information content (AvgIpc) is 3.67. The number of fused-ring (bicyclic) bond motifs is 2. The highest BCUT2D eigenvalue weighted by atomic mass is 79.9. The molecule has 7 rings (SSSR count). The first-order valence-corrected chi connectivity index (χ1v) is 16.5. The summed E-state index contributed by atoms with van der Waals surface area (Å²) >= 11 is 6.98. The van der Waals surface area contributed by atoms with Gasteiger partial charge in [-0.15, -0.1) is 0 Å². The number of hydrogen-bond donors (Lipinski definition) is 1. The Kier molecular flexibility index (Phi) is 9.78. The van der Waals surface area contributed by atoms with E-state index < -0.39 is 17.7 Å². The standard InChI is InChI=1S/C20H17BrF3N3O2.C12H14BrN3O/c21-14-8-12(9-17(28)15-2-1-3-18(25-15)20(22,23)24)10-27-11-16(26-19(14)27)13-4-6-29-7-5-13;13-10-5-9(14)6-16-7-11(15-12(10)16)8-1-3-17-4-2-8/h1-3,8,10-11,13H,4-7,9H2;5-8H,1-4,14H2. The number of ether oxygens (including phenoxy) is 2. The first-order chi connectivity index (χ1) is 22.0. The zero-order valence-corrected chi connectivity index (χ0v) is 27.8. The number of carbonyl (C=O) groups is 1. The summed E-state index contributed by atoms with van der Waals surface area (Å²) in [5, 5.41) is 0. The molecule has 7 heterocycles. The Bertz CT molecular complexity index is 1860. The minimum Gasteiger partial charge on any atom is -0.397 e. The quantitative estimate of drug-likeness (QED) is 0.186. The lowest BCUT2D eigenvalue weighted by atomic mass is 9.97. The maximum absolute atomic E-state index is 12.8. The van der Waals surface area contributed by atoms with Crippen molar-refractivity contribution in [3.05, 3.63) is 92.4 Å². The van der Waals surface area contributed by atoms with Crippen molar-refractivity contribution in [2.24, 2.45) is 0 Å². The largest absolute Gasteiger partial charge is 0.433 e. The highest BCUT2D eigenvalue weighted by molar-refractivity contribution is 9.11. The fraction of sp³-hybridized carbons (Fsp3) is 0.375. The van der Waals surface area contributed by atoms with E-state index in [0.717, 1.165) is 82.3 Å². The number of halogens is 5. The van der Waals surface area contributed by atoms with E-state index in [9.17, 15) is 18.0 Å². The fourth-order valence-corrected chi connectivity index (χ4v) is 6.87. The molecule has 2 saturated heterocycles. The maximum Gasteiger partial charge on any atom is 0.433 e. The molecule has 0 atom stereocenters. The van der Waals surface area contributed by atoms with Gasteiger partial charge in [0.2, 0.25) is 0 Å². The summed E-state index contributed by atoms with van der Waals surface area (Å²) in [6.45, 7) is 3.09. The number of nitrogens with zero attached hydrogens (tertiary/aromatic N) is 5. The van der Waals surface area contributed by atoms with Crippen LogP contribution in [0.15, 0.2) is 64.1 Å². The molecule has 2 N–H and O–H groups in total. The molecule has 0 aliphatic carbocycles. The molecular weight excluding hydrogens is 733 g/mol. The van der Waals surface area contributed by atoms with Crippen LogP contribution in [-0.2, 0) is 22.1 Å². The van der Waals surface area contributed by atoms with E-state index >= 15 is 0 Å². The lowest BCUT2D eigenvalue weighted by Gasteiger charge is -2.19. The number of pyridine rings is 3. The minimum atomic E-state index is -4.59. The lowest BCUT2D eigenvalue weighted by Crippen LogP contribution is -2.14. The topological polar surface area (TPSA) is 109 Å². The van der Waals surface area contributed by atoms with Gasteiger partial charge in [-0.25, -0.2) is 15.0 Å². The second kappa shape index (κ2) is 13.8. The van der Waals surface area contributed by atoms with E-state index in [0.29, 0.717) is 30.6 Å². The molecule has 0 unspecified atom stereocenters. The highest BCUT2D eigenvalue weighted by Gasteiger charge is 2.33. The first-order valence-electron chi connectivity index (χ1n) is 14.9. The molecule has 0 amide bonds. The minimum absolute atomic E-state index is 0.0619. The highest BCUT2D eigenvalue weighted by Crippen LogP contribution is 2.31. The predicted octanol–water partition coefficient (Wildman–Crippen LogP) is 7.40. The molecule has 0 saturated carbocycles. The maximum atomic E-state index is 12.8. The van der Waals surface area contributed by atoms with Crippen LogP contribution in [-0.4, -0.2) is 56.0 Å². The number of carbonyl (C=O) groups excluding carboxylic acids is 1. The summed E-state index contributed by atoms with van der Waals surface area (Å²) in [6.07, 6.45) is 6.97. The number of Topliss-reactive ketones (excluding diaryl/α,β-unsaturated/α-hetero) is 1. The number of nitrogen functional groups attached to an aromatic ring is 1. The molecule has 2 aliphatic rings. The monoisotopic (exact) mass is 762 g/mol. The van der Waals surface area contributed by atoms with Crippen molar-refractivity contribution in [1.82, 2.24) is 23.8 Å². The predicted molar refractivity (Wildman–Crippen MR) is 173 cm³/mol. The van der Waals surface area contributed by atoms with E-state index in [1.165, 1.54) is 12.1 Å². The molecule has 0 aromatic carbocycles. The second-order valence-electron chi connectivity index (χ2n) is 11.4. The van der Waals surface area contributed by atoms with E-state index in [2.05, 4.69) is 48.0 Å². The van der Waals surface area contributed by atoms with Gasteiger partial charge in [0.15, 0.2) is 17.1 Å². The van der Waals surface area contributed by atoms with Crippen molar-refractivity contribution in [2.45, 2.75) is 50.1 Å². The molecular formula is C32H31Br2F3N6O3. The first kappa shape index (κ1) is 32.6. The Morgan fingerprint density at radius 2 is 1.37 bits per heavy atom. The second-order valence-corrected chi connectivity index (χ2v) is 13.1. The number of ketones is 1. The van der Waals surface area contributed by atoms with Crippen LogP contribution in [0.3, 0.4) is 0 Å².